The Bertz CT molecular complexity index is 422. The summed E-state index contributed by atoms with van der Waals surface area (Å²) in [4.78, 5) is 13.5. The molecule has 0 spiro atoms. The van der Waals surface area contributed by atoms with Gasteiger partial charge in [-0.3, -0.25) is 4.79 Å². The molecular formula is C11H13BrN2O2. The molecule has 1 aromatic carbocycles. The van der Waals surface area contributed by atoms with Gasteiger partial charge in [-0.05, 0) is 24.7 Å². The zero-order valence-corrected chi connectivity index (χ0v) is 10.5. The van der Waals surface area contributed by atoms with E-state index in [1.54, 1.807) is 11.9 Å². The average molecular weight is 285 g/mol. The molecule has 1 aliphatic heterocycles. The lowest BCUT2D eigenvalue weighted by Gasteiger charge is -2.31. The van der Waals surface area contributed by atoms with Crippen LogP contribution in [0.15, 0.2) is 22.7 Å². The van der Waals surface area contributed by atoms with Crippen molar-refractivity contribution in [3.63, 3.8) is 0 Å². The largest absolute Gasteiger partial charge is 0.478 e. The Hall–Kier alpha value is -1.07. The number of nitrogens with zero attached hydrogens (tertiary/aromatic N) is 1. The van der Waals surface area contributed by atoms with Crippen LogP contribution in [0, 0.1) is 0 Å². The lowest BCUT2D eigenvalue weighted by atomic mass is 10.1. The summed E-state index contributed by atoms with van der Waals surface area (Å²) in [6.07, 6.45) is 0.0755. The Labute approximate surface area is 102 Å². The third kappa shape index (κ3) is 1.92. The van der Waals surface area contributed by atoms with E-state index in [4.69, 9.17) is 10.5 Å². The number of halogens is 1. The SMILES string of the molecule is CN1C(=O)C(CCN)Oc2cc(Br)ccc21. The summed E-state index contributed by atoms with van der Waals surface area (Å²) in [6.45, 7) is 0.438. The molecule has 1 aliphatic rings. The van der Waals surface area contributed by atoms with Crippen molar-refractivity contribution in [2.24, 2.45) is 5.73 Å². The number of benzene rings is 1. The zero-order valence-electron chi connectivity index (χ0n) is 8.94. The molecule has 4 nitrogen and oxygen atoms in total. The predicted molar refractivity (Wildman–Crippen MR) is 65.6 cm³/mol. The molecule has 0 fully saturated rings. The van der Waals surface area contributed by atoms with Crippen LogP contribution in [0.2, 0.25) is 0 Å². The minimum absolute atomic E-state index is 0.0414. The smallest absolute Gasteiger partial charge is 0.267 e. The summed E-state index contributed by atoms with van der Waals surface area (Å²) in [5.74, 6) is 0.676. The van der Waals surface area contributed by atoms with Crippen molar-refractivity contribution in [3.8, 4) is 5.75 Å². The monoisotopic (exact) mass is 284 g/mol. The highest BCUT2D eigenvalue weighted by atomic mass is 79.9. The summed E-state index contributed by atoms with van der Waals surface area (Å²) in [5, 5.41) is 0. The zero-order chi connectivity index (χ0) is 11.7. The number of carbonyl (C=O) groups is 1. The number of hydrogen-bond acceptors (Lipinski definition) is 3. The van der Waals surface area contributed by atoms with Crippen molar-refractivity contribution < 1.29 is 9.53 Å². The van der Waals surface area contributed by atoms with Gasteiger partial charge in [-0.2, -0.15) is 0 Å². The maximum Gasteiger partial charge on any atom is 0.267 e. The molecule has 1 heterocycles. The molecule has 0 saturated carbocycles. The van der Waals surface area contributed by atoms with E-state index in [-0.39, 0.29) is 5.91 Å². The van der Waals surface area contributed by atoms with Gasteiger partial charge in [-0.25, -0.2) is 0 Å². The molecule has 0 aromatic heterocycles. The fraction of sp³-hybridized carbons (Fsp3) is 0.364. The summed E-state index contributed by atoms with van der Waals surface area (Å²) in [5.41, 5.74) is 6.25. The third-order valence-corrected chi connectivity index (χ3v) is 3.08. The molecule has 1 aromatic rings. The maximum atomic E-state index is 11.9. The Morgan fingerprint density at radius 3 is 3.00 bits per heavy atom. The molecule has 1 unspecified atom stereocenters. The first-order chi connectivity index (χ1) is 7.63. The number of amides is 1. The molecule has 2 N–H and O–H groups in total. The van der Waals surface area contributed by atoms with Crippen LogP contribution >= 0.6 is 15.9 Å². The van der Waals surface area contributed by atoms with Crippen molar-refractivity contribution in [2.45, 2.75) is 12.5 Å². The number of nitrogens with two attached hydrogens (primary N) is 1. The Kier molecular flexibility index (Phi) is 3.16. The highest BCUT2D eigenvalue weighted by Gasteiger charge is 2.31. The van der Waals surface area contributed by atoms with Gasteiger partial charge in [-0.15, -0.1) is 0 Å². The highest BCUT2D eigenvalue weighted by molar-refractivity contribution is 9.10. The van der Waals surface area contributed by atoms with Crippen molar-refractivity contribution >= 4 is 27.5 Å². The summed E-state index contributed by atoms with van der Waals surface area (Å²) < 4.78 is 6.57. The molecule has 1 amide bonds. The van der Waals surface area contributed by atoms with Crippen molar-refractivity contribution in [2.75, 3.05) is 18.5 Å². The van der Waals surface area contributed by atoms with Crippen molar-refractivity contribution in [3.05, 3.63) is 22.7 Å². The number of fused-ring (bicyclic) bond motifs is 1. The van der Waals surface area contributed by atoms with Crippen LogP contribution in [0.5, 0.6) is 5.75 Å². The van der Waals surface area contributed by atoms with E-state index < -0.39 is 6.10 Å². The first kappa shape index (κ1) is 11.4. The van der Waals surface area contributed by atoms with Gasteiger partial charge in [0.25, 0.3) is 5.91 Å². The fourth-order valence-electron chi connectivity index (χ4n) is 1.73. The number of rotatable bonds is 2. The molecule has 5 heteroatoms. The van der Waals surface area contributed by atoms with E-state index in [2.05, 4.69) is 15.9 Å². The van der Waals surface area contributed by atoms with E-state index >= 15 is 0 Å². The van der Waals surface area contributed by atoms with Gasteiger partial charge in [-0.1, -0.05) is 15.9 Å². The van der Waals surface area contributed by atoms with Gasteiger partial charge >= 0.3 is 0 Å². The molecule has 86 valence electrons. The predicted octanol–water partition coefficient (Wildman–Crippen LogP) is 1.52. The molecule has 0 radical (unpaired) electrons. The average Bonchev–Trinajstić information content (AvgIpc) is 2.25. The van der Waals surface area contributed by atoms with Crippen LogP contribution in [-0.2, 0) is 4.79 Å². The molecule has 1 atom stereocenters. The second kappa shape index (κ2) is 4.43. The van der Waals surface area contributed by atoms with Gasteiger partial charge < -0.3 is 15.4 Å². The van der Waals surface area contributed by atoms with Gasteiger partial charge in [0.1, 0.15) is 5.75 Å². The third-order valence-electron chi connectivity index (χ3n) is 2.59. The normalized spacial score (nSPS) is 19.3. The summed E-state index contributed by atoms with van der Waals surface area (Å²) >= 11 is 3.38. The molecule has 0 aliphatic carbocycles. The molecule has 0 bridgehead atoms. The van der Waals surface area contributed by atoms with E-state index in [1.807, 2.05) is 18.2 Å². The van der Waals surface area contributed by atoms with Gasteiger partial charge in [0.2, 0.25) is 0 Å². The lowest BCUT2D eigenvalue weighted by molar-refractivity contribution is -0.126. The topological polar surface area (TPSA) is 55.6 Å². The first-order valence-electron chi connectivity index (χ1n) is 5.07. The van der Waals surface area contributed by atoms with Crippen LogP contribution < -0.4 is 15.4 Å². The molecule has 2 rings (SSSR count). The van der Waals surface area contributed by atoms with Crippen molar-refractivity contribution in [1.29, 1.82) is 0 Å². The van der Waals surface area contributed by atoms with Crippen LogP contribution in [0.3, 0.4) is 0 Å². The Morgan fingerprint density at radius 1 is 1.56 bits per heavy atom. The van der Waals surface area contributed by atoms with Gasteiger partial charge in [0, 0.05) is 17.9 Å². The van der Waals surface area contributed by atoms with Gasteiger partial charge in [0.15, 0.2) is 6.10 Å². The number of likely N-dealkylation sites (N-methyl/N-ethyl adjacent to an activating group) is 1. The second-order valence-electron chi connectivity index (χ2n) is 3.69. The van der Waals surface area contributed by atoms with E-state index in [9.17, 15) is 4.79 Å². The number of carbonyl (C=O) groups excluding carboxylic acids is 1. The standard InChI is InChI=1S/C11H13BrN2O2/c1-14-8-3-2-7(12)6-10(8)16-9(4-5-13)11(14)15/h2-3,6,9H,4-5,13H2,1H3. The quantitative estimate of drug-likeness (QED) is 0.896. The molecule has 0 saturated heterocycles. The number of anilines is 1. The second-order valence-corrected chi connectivity index (χ2v) is 4.61. The van der Waals surface area contributed by atoms with Crippen molar-refractivity contribution in [1.82, 2.24) is 0 Å². The van der Waals surface area contributed by atoms with E-state index in [1.165, 1.54) is 0 Å². The van der Waals surface area contributed by atoms with Gasteiger partial charge in [0.05, 0.1) is 5.69 Å². The van der Waals surface area contributed by atoms with Crippen LogP contribution in [0.1, 0.15) is 6.42 Å². The molecular weight excluding hydrogens is 272 g/mol. The fourth-order valence-corrected chi connectivity index (χ4v) is 2.07. The lowest BCUT2D eigenvalue weighted by Crippen LogP contribution is -2.44. The minimum Gasteiger partial charge on any atom is -0.478 e. The minimum atomic E-state index is -0.461. The maximum absolute atomic E-state index is 11.9. The number of hydrogen-bond donors (Lipinski definition) is 1. The highest BCUT2D eigenvalue weighted by Crippen LogP contribution is 2.35. The molecule has 16 heavy (non-hydrogen) atoms. The number of ether oxygens (including phenoxy) is 1. The van der Waals surface area contributed by atoms with E-state index in [0.717, 1.165) is 15.9 Å². The summed E-state index contributed by atoms with van der Waals surface area (Å²) in [7, 11) is 1.75. The van der Waals surface area contributed by atoms with E-state index in [0.29, 0.717) is 13.0 Å². The van der Waals surface area contributed by atoms with Crippen LogP contribution in [0.4, 0.5) is 5.69 Å². The Morgan fingerprint density at radius 2 is 2.31 bits per heavy atom. The summed E-state index contributed by atoms with van der Waals surface area (Å²) in [6, 6.07) is 5.60. The Balaban J connectivity index is 2.36. The van der Waals surface area contributed by atoms with Crippen LogP contribution in [0.25, 0.3) is 0 Å². The van der Waals surface area contributed by atoms with Crippen LogP contribution in [-0.4, -0.2) is 25.6 Å². The first-order valence-corrected chi connectivity index (χ1v) is 5.86.